The monoisotopic (exact) mass is 257 g/mol. The van der Waals surface area contributed by atoms with Gasteiger partial charge in [0.25, 0.3) is 0 Å². The van der Waals surface area contributed by atoms with Crippen LogP contribution in [0.2, 0.25) is 0 Å². The minimum absolute atomic E-state index is 0.809. The van der Waals surface area contributed by atoms with Gasteiger partial charge in [0, 0.05) is 42.8 Å². The number of aromatic nitrogens is 1. The molecule has 0 radical (unpaired) electrons. The number of rotatable bonds is 2. The lowest BCUT2D eigenvalue weighted by molar-refractivity contribution is -0.118. The van der Waals surface area contributed by atoms with E-state index >= 15 is 0 Å². The van der Waals surface area contributed by atoms with Crippen LogP contribution in [0.3, 0.4) is 0 Å². The fraction of sp³-hybridized carbons (Fsp3) is 0.467. The van der Waals surface area contributed by atoms with Gasteiger partial charge in [-0.25, -0.2) is 0 Å². The average molecular weight is 257 g/mol. The lowest BCUT2D eigenvalue weighted by Gasteiger charge is -2.34. The molecular formula is C15H19N3O. The van der Waals surface area contributed by atoms with Gasteiger partial charge in [-0.1, -0.05) is 12.2 Å². The molecule has 1 aromatic heterocycles. The van der Waals surface area contributed by atoms with E-state index < -0.39 is 0 Å². The van der Waals surface area contributed by atoms with Gasteiger partial charge in [0.05, 0.1) is 5.35 Å². The molecule has 1 aromatic rings. The molecule has 1 fully saturated rings. The van der Waals surface area contributed by atoms with E-state index in [4.69, 9.17) is 0 Å². The molecule has 0 aromatic carbocycles. The van der Waals surface area contributed by atoms with Crippen LogP contribution in [-0.4, -0.2) is 42.5 Å². The van der Waals surface area contributed by atoms with Gasteiger partial charge < -0.3 is 9.80 Å². The van der Waals surface area contributed by atoms with E-state index in [0.29, 0.717) is 0 Å². The molecule has 1 amide bonds. The standard InChI is InChI=1S/C15H19N3O/c1-12-10-15(13-4-2-3-5-14(13)16-12)18-8-6-17(11-19)7-9-18/h4-5,10-11H,2-3,6-9H2,1H3. The van der Waals surface area contributed by atoms with Crippen molar-refractivity contribution in [2.45, 2.75) is 19.8 Å². The van der Waals surface area contributed by atoms with Crippen molar-refractivity contribution in [3.63, 3.8) is 0 Å². The first-order valence-electron chi connectivity index (χ1n) is 6.90. The SMILES string of the molecule is Cc1cc(N2CCN(C=O)CC2)c2c(n1)=CCCC=2. The van der Waals surface area contributed by atoms with Crippen molar-refractivity contribution in [1.29, 1.82) is 0 Å². The molecule has 3 rings (SSSR count). The predicted molar refractivity (Wildman–Crippen MR) is 76.2 cm³/mol. The van der Waals surface area contributed by atoms with Crippen molar-refractivity contribution in [1.82, 2.24) is 9.88 Å². The Morgan fingerprint density at radius 3 is 2.63 bits per heavy atom. The summed E-state index contributed by atoms with van der Waals surface area (Å²) >= 11 is 0. The van der Waals surface area contributed by atoms with Crippen LogP contribution in [0.4, 0.5) is 5.69 Å². The molecule has 1 saturated heterocycles. The molecule has 4 nitrogen and oxygen atoms in total. The maximum Gasteiger partial charge on any atom is 0.209 e. The van der Waals surface area contributed by atoms with Crippen LogP contribution in [0.15, 0.2) is 6.07 Å². The Morgan fingerprint density at radius 2 is 1.89 bits per heavy atom. The maximum absolute atomic E-state index is 10.8. The highest BCUT2D eigenvalue weighted by molar-refractivity contribution is 5.56. The zero-order valence-electron chi connectivity index (χ0n) is 11.3. The van der Waals surface area contributed by atoms with Crippen LogP contribution in [0.5, 0.6) is 0 Å². The summed E-state index contributed by atoms with van der Waals surface area (Å²) in [6, 6.07) is 2.17. The highest BCUT2D eigenvalue weighted by Crippen LogP contribution is 2.12. The molecule has 0 N–H and O–H groups in total. The number of amides is 1. The zero-order chi connectivity index (χ0) is 13.2. The fourth-order valence-electron chi connectivity index (χ4n) is 2.83. The van der Waals surface area contributed by atoms with Crippen molar-refractivity contribution in [2.75, 3.05) is 31.1 Å². The first-order chi connectivity index (χ1) is 9.28. The number of hydrogen-bond acceptors (Lipinski definition) is 3. The summed E-state index contributed by atoms with van der Waals surface area (Å²) in [5, 5.41) is 2.40. The predicted octanol–water partition coefficient (Wildman–Crippen LogP) is 0.0232. The van der Waals surface area contributed by atoms with Crippen LogP contribution in [0.25, 0.3) is 12.2 Å². The number of pyridine rings is 1. The number of piperazine rings is 1. The van der Waals surface area contributed by atoms with E-state index in [1.54, 1.807) is 0 Å². The molecule has 2 heterocycles. The van der Waals surface area contributed by atoms with E-state index in [0.717, 1.165) is 56.5 Å². The average Bonchev–Trinajstić information content (AvgIpc) is 2.46. The second-order valence-corrected chi connectivity index (χ2v) is 5.20. The maximum atomic E-state index is 10.8. The summed E-state index contributed by atoms with van der Waals surface area (Å²) in [6.07, 6.45) is 7.65. The van der Waals surface area contributed by atoms with Gasteiger partial charge in [-0.05, 0) is 25.8 Å². The quantitative estimate of drug-likeness (QED) is 0.701. The topological polar surface area (TPSA) is 36.4 Å². The second-order valence-electron chi connectivity index (χ2n) is 5.20. The van der Waals surface area contributed by atoms with Gasteiger partial charge in [0.1, 0.15) is 0 Å². The summed E-state index contributed by atoms with van der Waals surface area (Å²) < 4.78 is 0. The number of hydrogen-bond donors (Lipinski definition) is 0. The van der Waals surface area contributed by atoms with Crippen molar-refractivity contribution >= 4 is 24.2 Å². The van der Waals surface area contributed by atoms with Gasteiger partial charge >= 0.3 is 0 Å². The molecule has 0 spiro atoms. The highest BCUT2D eigenvalue weighted by atomic mass is 16.1. The molecule has 4 heteroatoms. The van der Waals surface area contributed by atoms with E-state index in [1.807, 2.05) is 11.8 Å². The van der Waals surface area contributed by atoms with Gasteiger partial charge in [-0.3, -0.25) is 9.78 Å². The Morgan fingerprint density at radius 1 is 1.16 bits per heavy atom. The number of anilines is 1. The van der Waals surface area contributed by atoms with Gasteiger partial charge in [0.2, 0.25) is 6.41 Å². The first kappa shape index (κ1) is 12.2. The molecule has 100 valence electrons. The minimum Gasteiger partial charge on any atom is -0.367 e. The number of carbonyl (C=O) groups excluding carboxylic acids is 1. The minimum atomic E-state index is 0.809. The van der Waals surface area contributed by atoms with Crippen LogP contribution >= 0.6 is 0 Å². The first-order valence-corrected chi connectivity index (χ1v) is 6.90. The Hall–Kier alpha value is -1.84. The van der Waals surface area contributed by atoms with Crippen molar-refractivity contribution in [3.05, 3.63) is 22.3 Å². The van der Waals surface area contributed by atoms with E-state index in [2.05, 4.69) is 28.1 Å². The lowest BCUT2D eigenvalue weighted by atomic mass is 10.1. The fourth-order valence-corrected chi connectivity index (χ4v) is 2.83. The largest absolute Gasteiger partial charge is 0.367 e. The summed E-state index contributed by atoms with van der Waals surface area (Å²) in [5.41, 5.74) is 2.35. The van der Waals surface area contributed by atoms with Crippen molar-refractivity contribution in [3.8, 4) is 0 Å². The van der Waals surface area contributed by atoms with Gasteiger partial charge in [0.15, 0.2) is 0 Å². The molecule has 19 heavy (non-hydrogen) atoms. The highest BCUT2D eigenvalue weighted by Gasteiger charge is 2.17. The molecule has 1 aliphatic heterocycles. The second kappa shape index (κ2) is 5.03. The third-order valence-electron chi connectivity index (χ3n) is 3.85. The summed E-state index contributed by atoms with van der Waals surface area (Å²) in [7, 11) is 0. The summed E-state index contributed by atoms with van der Waals surface area (Å²) in [5.74, 6) is 0. The van der Waals surface area contributed by atoms with Crippen LogP contribution in [0, 0.1) is 6.92 Å². The number of carbonyl (C=O) groups is 1. The van der Waals surface area contributed by atoms with Crippen LogP contribution in [0.1, 0.15) is 18.5 Å². The zero-order valence-corrected chi connectivity index (χ0v) is 11.3. The van der Waals surface area contributed by atoms with Crippen LogP contribution in [-0.2, 0) is 4.79 Å². The number of aryl methyl sites for hydroxylation is 1. The third-order valence-corrected chi connectivity index (χ3v) is 3.85. The summed E-state index contributed by atoms with van der Waals surface area (Å²) in [6.45, 7) is 5.48. The van der Waals surface area contributed by atoms with E-state index in [9.17, 15) is 4.79 Å². The Kier molecular flexibility index (Phi) is 3.23. The van der Waals surface area contributed by atoms with Crippen LogP contribution < -0.4 is 15.5 Å². The molecule has 2 aliphatic rings. The van der Waals surface area contributed by atoms with Gasteiger partial charge in [-0.15, -0.1) is 0 Å². The Labute approximate surface area is 113 Å². The number of fused-ring (bicyclic) bond motifs is 1. The lowest BCUT2D eigenvalue weighted by Crippen LogP contribution is -2.48. The van der Waals surface area contributed by atoms with Gasteiger partial charge in [-0.2, -0.15) is 0 Å². The summed E-state index contributed by atoms with van der Waals surface area (Å²) in [4.78, 5) is 19.6. The molecular weight excluding hydrogens is 238 g/mol. The molecule has 0 saturated carbocycles. The Bertz CT molecular complexity index is 601. The number of nitrogens with zero attached hydrogens (tertiary/aromatic N) is 3. The molecule has 1 aliphatic carbocycles. The smallest absolute Gasteiger partial charge is 0.209 e. The molecule has 0 unspecified atom stereocenters. The molecule has 0 bridgehead atoms. The van der Waals surface area contributed by atoms with E-state index in [1.165, 1.54) is 10.9 Å². The molecule has 0 atom stereocenters. The van der Waals surface area contributed by atoms with E-state index in [-0.39, 0.29) is 0 Å². The van der Waals surface area contributed by atoms with Crippen molar-refractivity contribution < 1.29 is 4.79 Å². The van der Waals surface area contributed by atoms with Crippen molar-refractivity contribution in [2.24, 2.45) is 0 Å². The Balaban J connectivity index is 1.98. The third kappa shape index (κ3) is 2.35. The normalized spacial score (nSPS) is 18.4.